The van der Waals surface area contributed by atoms with Crippen LogP contribution in [0.3, 0.4) is 0 Å². The maximum atomic E-state index is 11.0. The van der Waals surface area contributed by atoms with E-state index in [0.717, 1.165) is 17.7 Å². The number of nitrogen functional groups attached to an aromatic ring is 1. The number of nitrogens with two attached hydrogens (primary N) is 1. The molecule has 3 N–H and O–H groups in total. The van der Waals surface area contributed by atoms with Gasteiger partial charge in [0.1, 0.15) is 6.33 Å². The van der Waals surface area contributed by atoms with Gasteiger partial charge in [-0.15, -0.1) is 0 Å². The molecule has 0 saturated heterocycles. The van der Waals surface area contributed by atoms with Crippen molar-refractivity contribution in [2.45, 2.75) is 19.9 Å². The molecule has 0 aliphatic carbocycles. The van der Waals surface area contributed by atoms with Crippen LogP contribution in [0.15, 0.2) is 12.5 Å². The third kappa shape index (κ3) is 2.66. The Labute approximate surface area is 115 Å². The molecule has 0 unspecified atom stereocenters. The summed E-state index contributed by atoms with van der Waals surface area (Å²) in [5.74, 6) is -0.0530. The Morgan fingerprint density at radius 2 is 2.25 bits per heavy atom. The molecule has 0 spiro atoms. The molecule has 0 bridgehead atoms. The highest BCUT2D eigenvalue weighted by Gasteiger charge is 2.20. The SMILES string of the molecule is CCc1nn(C)cc1CNc1ncnc(N)c1[N+](=O)[O-]. The van der Waals surface area contributed by atoms with E-state index in [0.29, 0.717) is 6.54 Å². The second-order valence-electron chi connectivity index (χ2n) is 4.20. The fraction of sp³-hybridized carbons (Fsp3) is 0.364. The van der Waals surface area contributed by atoms with E-state index in [2.05, 4.69) is 20.4 Å². The van der Waals surface area contributed by atoms with Crippen LogP contribution in [0.2, 0.25) is 0 Å². The topological polar surface area (TPSA) is 125 Å². The summed E-state index contributed by atoms with van der Waals surface area (Å²) >= 11 is 0. The fourth-order valence-corrected chi connectivity index (χ4v) is 1.91. The van der Waals surface area contributed by atoms with Crippen LogP contribution < -0.4 is 11.1 Å². The number of nitro groups is 1. The average Bonchev–Trinajstić information content (AvgIpc) is 2.76. The number of aryl methyl sites for hydroxylation is 2. The molecule has 2 heterocycles. The molecule has 2 aromatic rings. The van der Waals surface area contributed by atoms with Gasteiger partial charge in [0.2, 0.25) is 11.6 Å². The third-order valence-electron chi connectivity index (χ3n) is 2.81. The Balaban J connectivity index is 2.23. The molecule has 0 aliphatic rings. The lowest BCUT2D eigenvalue weighted by atomic mass is 10.2. The van der Waals surface area contributed by atoms with Crippen molar-refractivity contribution in [3.05, 3.63) is 33.9 Å². The second-order valence-corrected chi connectivity index (χ2v) is 4.20. The van der Waals surface area contributed by atoms with Gasteiger partial charge in [0.25, 0.3) is 0 Å². The minimum atomic E-state index is -0.596. The predicted molar refractivity (Wildman–Crippen MR) is 73.0 cm³/mol. The molecule has 20 heavy (non-hydrogen) atoms. The summed E-state index contributed by atoms with van der Waals surface area (Å²) < 4.78 is 1.71. The van der Waals surface area contributed by atoms with Gasteiger partial charge in [-0.1, -0.05) is 6.92 Å². The van der Waals surface area contributed by atoms with Gasteiger partial charge in [0.15, 0.2) is 0 Å². The summed E-state index contributed by atoms with van der Waals surface area (Å²) in [4.78, 5) is 17.9. The van der Waals surface area contributed by atoms with Gasteiger partial charge in [-0.05, 0) is 6.42 Å². The first-order valence-electron chi connectivity index (χ1n) is 6.03. The molecular formula is C11H15N7O2. The van der Waals surface area contributed by atoms with E-state index >= 15 is 0 Å². The van der Waals surface area contributed by atoms with Crippen molar-refractivity contribution in [1.82, 2.24) is 19.7 Å². The minimum absolute atomic E-state index is 0.105. The normalized spacial score (nSPS) is 10.5. The predicted octanol–water partition coefficient (Wildman–Crippen LogP) is 0.875. The largest absolute Gasteiger partial charge is 0.378 e. The first-order chi connectivity index (χ1) is 9.52. The zero-order valence-corrected chi connectivity index (χ0v) is 11.2. The summed E-state index contributed by atoms with van der Waals surface area (Å²) in [6, 6.07) is 0. The lowest BCUT2D eigenvalue weighted by Crippen LogP contribution is -2.08. The van der Waals surface area contributed by atoms with Crippen LogP contribution >= 0.6 is 0 Å². The van der Waals surface area contributed by atoms with Gasteiger partial charge < -0.3 is 11.1 Å². The molecule has 9 nitrogen and oxygen atoms in total. The molecule has 0 amide bonds. The van der Waals surface area contributed by atoms with E-state index < -0.39 is 4.92 Å². The van der Waals surface area contributed by atoms with Crippen molar-refractivity contribution in [2.24, 2.45) is 7.05 Å². The van der Waals surface area contributed by atoms with Crippen molar-refractivity contribution < 1.29 is 4.92 Å². The molecule has 2 rings (SSSR count). The smallest absolute Gasteiger partial charge is 0.352 e. The van der Waals surface area contributed by atoms with Crippen LogP contribution in [0.25, 0.3) is 0 Å². The Bertz CT molecular complexity index is 638. The lowest BCUT2D eigenvalue weighted by molar-refractivity contribution is -0.383. The highest BCUT2D eigenvalue weighted by atomic mass is 16.6. The quantitative estimate of drug-likeness (QED) is 0.613. The monoisotopic (exact) mass is 277 g/mol. The summed E-state index contributed by atoms with van der Waals surface area (Å²) in [5.41, 5.74) is 7.09. The van der Waals surface area contributed by atoms with Crippen molar-refractivity contribution in [2.75, 3.05) is 11.1 Å². The van der Waals surface area contributed by atoms with Crippen LogP contribution in [0.5, 0.6) is 0 Å². The van der Waals surface area contributed by atoms with Gasteiger partial charge in [0, 0.05) is 25.4 Å². The fourth-order valence-electron chi connectivity index (χ4n) is 1.91. The van der Waals surface area contributed by atoms with Crippen molar-refractivity contribution in [3.63, 3.8) is 0 Å². The summed E-state index contributed by atoms with van der Waals surface area (Å²) in [6.45, 7) is 2.38. The molecule has 0 saturated carbocycles. The first-order valence-corrected chi connectivity index (χ1v) is 6.03. The number of anilines is 2. The number of hydrogen-bond donors (Lipinski definition) is 2. The Hall–Kier alpha value is -2.71. The van der Waals surface area contributed by atoms with Crippen LogP contribution in [-0.2, 0) is 20.0 Å². The van der Waals surface area contributed by atoms with Crippen LogP contribution in [0, 0.1) is 10.1 Å². The molecule has 106 valence electrons. The van der Waals surface area contributed by atoms with Crippen LogP contribution in [-0.4, -0.2) is 24.7 Å². The molecule has 9 heteroatoms. The Morgan fingerprint density at radius 1 is 1.50 bits per heavy atom. The number of hydrogen-bond acceptors (Lipinski definition) is 7. The Kier molecular flexibility index (Phi) is 3.78. The Morgan fingerprint density at radius 3 is 2.90 bits per heavy atom. The number of nitrogens with one attached hydrogen (secondary N) is 1. The maximum Gasteiger partial charge on any atom is 0.352 e. The summed E-state index contributed by atoms with van der Waals surface area (Å²) in [6.07, 6.45) is 3.84. The van der Waals surface area contributed by atoms with Crippen molar-refractivity contribution >= 4 is 17.3 Å². The molecule has 2 aromatic heterocycles. The van der Waals surface area contributed by atoms with E-state index in [1.54, 1.807) is 4.68 Å². The number of aromatic nitrogens is 4. The maximum absolute atomic E-state index is 11.0. The number of rotatable bonds is 5. The minimum Gasteiger partial charge on any atom is -0.378 e. The first kappa shape index (κ1) is 13.7. The van der Waals surface area contributed by atoms with E-state index in [1.165, 1.54) is 6.33 Å². The standard InChI is InChI=1S/C11H15N7O2/c1-3-8-7(5-17(2)16-8)4-13-11-9(18(19)20)10(12)14-6-15-11/h5-6H,3-4H2,1-2H3,(H3,12,13,14,15). The number of nitrogens with zero attached hydrogens (tertiary/aromatic N) is 5. The average molecular weight is 277 g/mol. The van der Waals surface area contributed by atoms with E-state index in [4.69, 9.17) is 5.73 Å². The highest BCUT2D eigenvalue weighted by Crippen LogP contribution is 2.26. The van der Waals surface area contributed by atoms with E-state index in [-0.39, 0.29) is 17.3 Å². The second kappa shape index (κ2) is 5.51. The molecular weight excluding hydrogens is 262 g/mol. The lowest BCUT2D eigenvalue weighted by Gasteiger charge is -2.06. The molecule has 0 aliphatic heterocycles. The van der Waals surface area contributed by atoms with Gasteiger partial charge >= 0.3 is 5.69 Å². The van der Waals surface area contributed by atoms with Gasteiger partial charge in [-0.25, -0.2) is 9.97 Å². The molecule has 0 aromatic carbocycles. The van der Waals surface area contributed by atoms with Gasteiger partial charge in [-0.2, -0.15) is 5.10 Å². The van der Waals surface area contributed by atoms with Crippen molar-refractivity contribution in [3.8, 4) is 0 Å². The van der Waals surface area contributed by atoms with Crippen molar-refractivity contribution in [1.29, 1.82) is 0 Å². The van der Waals surface area contributed by atoms with Crippen LogP contribution in [0.4, 0.5) is 17.3 Å². The molecule has 0 radical (unpaired) electrons. The zero-order valence-electron chi connectivity index (χ0n) is 11.2. The third-order valence-corrected chi connectivity index (χ3v) is 2.81. The summed E-state index contributed by atoms with van der Waals surface area (Å²) in [7, 11) is 1.83. The molecule has 0 atom stereocenters. The van der Waals surface area contributed by atoms with Gasteiger partial charge in [0.05, 0.1) is 10.6 Å². The summed E-state index contributed by atoms with van der Waals surface area (Å²) in [5, 5.41) is 18.2. The van der Waals surface area contributed by atoms with E-state index in [1.807, 2.05) is 20.2 Å². The van der Waals surface area contributed by atoms with Gasteiger partial charge in [-0.3, -0.25) is 14.8 Å². The zero-order chi connectivity index (χ0) is 14.7. The van der Waals surface area contributed by atoms with Crippen LogP contribution in [0.1, 0.15) is 18.2 Å². The molecule has 0 fully saturated rings. The highest BCUT2D eigenvalue weighted by molar-refractivity contribution is 5.67. The van der Waals surface area contributed by atoms with E-state index in [9.17, 15) is 10.1 Å².